The van der Waals surface area contributed by atoms with Crippen molar-refractivity contribution >= 4 is 23.5 Å². The van der Waals surface area contributed by atoms with Crippen molar-refractivity contribution in [1.82, 2.24) is 20.2 Å². The van der Waals surface area contributed by atoms with Crippen molar-refractivity contribution in [3.8, 4) is 11.3 Å². The number of nitrogens with one attached hydrogen (secondary N) is 2. The summed E-state index contributed by atoms with van der Waals surface area (Å²) in [5, 5.41) is 10.6. The van der Waals surface area contributed by atoms with Crippen molar-refractivity contribution in [2.75, 3.05) is 0 Å². The first-order valence-electron chi connectivity index (χ1n) is 6.71. The number of hydrogen-bond donors (Lipinski definition) is 2. The fourth-order valence-corrected chi connectivity index (χ4v) is 2.35. The van der Waals surface area contributed by atoms with Gasteiger partial charge in [-0.2, -0.15) is 0 Å². The average molecular weight is 328 g/mol. The fraction of sp³-hybridized carbons (Fsp3) is 0.0667. The van der Waals surface area contributed by atoms with Crippen LogP contribution in [0.1, 0.15) is 16.1 Å². The van der Waals surface area contributed by atoms with Gasteiger partial charge in [-0.05, 0) is 35.8 Å². The summed E-state index contributed by atoms with van der Waals surface area (Å²) in [7, 11) is 0. The molecule has 0 aliphatic rings. The zero-order valence-corrected chi connectivity index (χ0v) is 12.7. The van der Waals surface area contributed by atoms with E-state index in [9.17, 15) is 9.59 Å². The Labute approximate surface area is 135 Å². The molecule has 7 nitrogen and oxygen atoms in total. The van der Waals surface area contributed by atoms with Gasteiger partial charge in [-0.15, -0.1) is 5.10 Å². The van der Waals surface area contributed by atoms with Gasteiger partial charge < -0.3 is 9.73 Å². The molecule has 1 aromatic carbocycles. The molecular formula is C15H12N4O3S. The third kappa shape index (κ3) is 3.80. The van der Waals surface area contributed by atoms with Gasteiger partial charge in [0.15, 0.2) is 0 Å². The Balaban J connectivity index is 1.56. The molecule has 2 aromatic heterocycles. The molecular weight excluding hydrogens is 316 g/mol. The number of hydrogen-bond acceptors (Lipinski definition) is 6. The third-order valence-corrected chi connectivity index (χ3v) is 3.54. The maximum atomic E-state index is 12.0. The predicted octanol–water partition coefficient (Wildman–Crippen LogP) is 2.44. The normalized spacial score (nSPS) is 10.3. The molecule has 0 saturated heterocycles. The molecule has 3 aromatic rings. The minimum absolute atomic E-state index is 0.210. The van der Waals surface area contributed by atoms with Crippen molar-refractivity contribution < 1.29 is 14.0 Å². The van der Waals surface area contributed by atoms with Gasteiger partial charge in [0.2, 0.25) is 0 Å². The molecule has 116 valence electrons. The Bertz CT molecular complexity index is 783. The van der Waals surface area contributed by atoms with Crippen LogP contribution in [0.25, 0.3) is 11.3 Å². The largest absolute Gasteiger partial charge is 0.467 e. The second-order valence-electron chi connectivity index (χ2n) is 4.58. The van der Waals surface area contributed by atoms with Crippen LogP contribution in [-0.4, -0.2) is 21.5 Å². The van der Waals surface area contributed by atoms with Crippen LogP contribution in [0.15, 0.2) is 52.5 Å². The van der Waals surface area contributed by atoms with Crippen molar-refractivity contribution in [2.24, 2.45) is 0 Å². The zero-order chi connectivity index (χ0) is 16.1. The zero-order valence-electron chi connectivity index (χ0n) is 11.9. The first-order valence-corrected chi connectivity index (χ1v) is 7.55. The van der Waals surface area contributed by atoms with E-state index in [1.165, 1.54) is 17.8 Å². The first kappa shape index (κ1) is 14.9. The molecule has 0 bridgehead atoms. The molecule has 3 rings (SSSR count). The summed E-state index contributed by atoms with van der Waals surface area (Å²) in [5.41, 5.74) is 1.99. The van der Waals surface area contributed by atoms with Crippen LogP contribution in [0.2, 0.25) is 0 Å². The molecule has 2 N–H and O–H groups in total. The molecule has 23 heavy (non-hydrogen) atoms. The Morgan fingerprint density at radius 2 is 2.00 bits per heavy atom. The number of carbonyl (C=O) groups is 2. The second-order valence-corrected chi connectivity index (χ2v) is 5.19. The standard InChI is InChI=1S/C15H12N4O3S/c20-14(17-15(21)16-8-12-2-1-7-22-12)11-5-3-10(4-6-11)13-9-23-19-18-13/h1-7,9H,8H2,(H2,16,17,20,21). The summed E-state index contributed by atoms with van der Waals surface area (Å²) < 4.78 is 8.87. The van der Waals surface area contributed by atoms with Crippen LogP contribution in [0.3, 0.4) is 0 Å². The van der Waals surface area contributed by atoms with Crippen LogP contribution >= 0.6 is 11.5 Å². The molecule has 2 heterocycles. The number of amides is 3. The smallest absolute Gasteiger partial charge is 0.322 e. The lowest BCUT2D eigenvalue weighted by Gasteiger charge is -2.06. The van der Waals surface area contributed by atoms with Crippen LogP contribution in [0.4, 0.5) is 4.79 Å². The Hall–Kier alpha value is -3.00. The lowest BCUT2D eigenvalue weighted by Crippen LogP contribution is -2.39. The van der Waals surface area contributed by atoms with E-state index in [4.69, 9.17) is 4.42 Å². The summed E-state index contributed by atoms with van der Waals surface area (Å²) in [4.78, 5) is 23.7. The molecule has 0 fully saturated rings. The number of urea groups is 1. The lowest BCUT2D eigenvalue weighted by atomic mass is 10.1. The molecule has 0 unspecified atom stereocenters. The van der Waals surface area contributed by atoms with E-state index in [-0.39, 0.29) is 6.54 Å². The molecule has 0 saturated carbocycles. The topological polar surface area (TPSA) is 97.1 Å². The molecule has 0 atom stereocenters. The van der Waals surface area contributed by atoms with Crippen LogP contribution in [0, 0.1) is 0 Å². The minimum atomic E-state index is -0.584. The Kier molecular flexibility index (Phi) is 4.44. The van der Waals surface area contributed by atoms with Crippen LogP contribution in [-0.2, 0) is 6.54 Å². The number of imide groups is 1. The molecule has 0 spiro atoms. The summed E-state index contributed by atoms with van der Waals surface area (Å²) in [6, 6.07) is 9.64. The van der Waals surface area contributed by atoms with Gasteiger partial charge in [0.05, 0.1) is 12.8 Å². The quantitative estimate of drug-likeness (QED) is 0.766. The van der Waals surface area contributed by atoms with E-state index in [0.717, 1.165) is 11.3 Å². The molecule has 3 amide bonds. The fourth-order valence-electron chi connectivity index (χ4n) is 1.88. The Morgan fingerprint density at radius 1 is 1.17 bits per heavy atom. The molecule has 0 radical (unpaired) electrons. The summed E-state index contributed by atoms with van der Waals surface area (Å²) in [5.74, 6) is 0.124. The van der Waals surface area contributed by atoms with Gasteiger partial charge in [-0.3, -0.25) is 10.1 Å². The number of aromatic nitrogens is 2. The van der Waals surface area contributed by atoms with Crippen molar-refractivity contribution in [3.63, 3.8) is 0 Å². The minimum Gasteiger partial charge on any atom is -0.467 e. The highest BCUT2D eigenvalue weighted by atomic mass is 32.1. The summed E-state index contributed by atoms with van der Waals surface area (Å²) in [6.07, 6.45) is 1.51. The summed E-state index contributed by atoms with van der Waals surface area (Å²) >= 11 is 1.26. The van der Waals surface area contributed by atoms with Gasteiger partial charge in [-0.1, -0.05) is 16.6 Å². The SMILES string of the molecule is O=C(NCc1ccco1)NC(=O)c1ccc(-c2csnn2)cc1. The third-order valence-electron chi connectivity index (χ3n) is 3.03. The predicted molar refractivity (Wildman–Crippen MR) is 83.8 cm³/mol. The lowest BCUT2D eigenvalue weighted by molar-refractivity contribution is 0.0963. The highest BCUT2D eigenvalue weighted by Crippen LogP contribution is 2.18. The first-order chi connectivity index (χ1) is 11.2. The van der Waals surface area contributed by atoms with Gasteiger partial charge in [0.25, 0.3) is 5.91 Å². The van der Waals surface area contributed by atoms with Crippen LogP contribution in [0.5, 0.6) is 0 Å². The number of carbonyl (C=O) groups excluding carboxylic acids is 2. The van der Waals surface area contributed by atoms with Gasteiger partial charge in [0, 0.05) is 16.5 Å². The second kappa shape index (κ2) is 6.84. The van der Waals surface area contributed by atoms with Gasteiger partial charge >= 0.3 is 6.03 Å². The number of rotatable bonds is 4. The number of nitrogens with zero attached hydrogens (tertiary/aromatic N) is 2. The van der Waals surface area contributed by atoms with E-state index in [2.05, 4.69) is 20.2 Å². The maximum Gasteiger partial charge on any atom is 0.322 e. The maximum absolute atomic E-state index is 12.0. The molecule has 0 aliphatic heterocycles. The van der Waals surface area contributed by atoms with Crippen molar-refractivity contribution in [2.45, 2.75) is 6.54 Å². The number of benzene rings is 1. The molecule has 8 heteroatoms. The average Bonchev–Trinajstić information content (AvgIpc) is 3.26. The van der Waals surface area contributed by atoms with Gasteiger partial charge in [0.1, 0.15) is 11.5 Å². The summed E-state index contributed by atoms with van der Waals surface area (Å²) in [6.45, 7) is 0.210. The monoisotopic (exact) mass is 328 g/mol. The molecule has 0 aliphatic carbocycles. The van der Waals surface area contributed by atoms with E-state index >= 15 is 0 Å². The highest BCUT2D eigenvalue weighted by Gasteiger charge is 2.11. The Morgan fingerprint density at radius 3 is 2.65 bits per heavy atom. The van der Waals surface area contributed by atoms with E-state index < -0.39 is 11.9 Å². The number of furan rings is 1. The van der Waals surface area contributed by atoms with E-state index in [1.807, 2.05) is 5.38 Å². The van der Waals surface area contributed by atoms with Crippen molar-refractivity contribution in [1.29, 1.82) is 0 Å². The van der Waals surface area contributed by atoms with E-state index in [0.29, 0.717) is 11.3 Å². The van der Waals surface area contributed by atoms with Crippen molar-refractivity contribution in [3.05, 3.63) is 59.4 Å². The van der Waals surface area contributed by atoms with Crippen LogP contribution < -0.4 is 10.6 Å². The highest BCUT2D eigenvalue weighted by molar-refractivity contribution is 7.03. The van der Waals surface area contributed by atoms with Gasteiger partial charge in [-0.25, -0.2) is 4.79 Å². The van der Waals surface area contributed by atoms with E-state index in [1.54, 1.807) is 36.4 Å².